The van der Waals surface area contributed by atoms with Gasteiger partial charge in [-0.15, -0.1) is 0 Å². The first-order chi connectivity index (χ1) is 42.9. The van der Waals surface area contributed by atoms with E-state index in [1.54, 1.807) is 0 Å². The highest BCUT2D eigenvalue weighted by Gasteiger charge is 2.26. The maximum Gasteiger partial charge on any atom is 0.164 e. The van der Waals surface area contributed by atoms with Crippen molar-refractivity contribution in [2.75, 3.05) is 0 Å². The van der Waals surface area contributed by atoms with Crippen LogP contribution in [0.4, 0.5) is 0 Å². The molecule has 0 aliphatic rings. The third-order valence-electron chi connectivity index (χ3n) is 17.6. The zero-order chi connectivity index (χ0) is 63.2. The molecule has 3 aromatic heterocycles. The minimum atomic E-state index is -0.0892. The van der Waals surface area contributed by atoms with Crippen molar-refractivity contribution in [2.24, 2.45) is 0 Å². The van der Waals surface area contributed by atoms with Crippen LogP contribution in [0.5, 0.6) is 0 Å². The third-order valence-corrected chi connectivity index (χ3v) is 17.6. The normalized spacial score (nSPS) is 12.2. The molecule has 3 heterocycles. The first kappa shape index (κ1) is 58.3. The number of benzene rings is 10. The molecule has 0 fully saturated rings. The van der Waals surface area contributed by atoms with Crippen molar-refractivity contribution < 1.29 is 0 Å². The fourth-order valence-corrected chi connectivity index (χ4v) is 12.4. The van der Waals surface area contributed by atoms with E-state index in [1.165, 1.54) is 22.3 Å². The van der Waals surface area contributed by atoms with Gasteiger partial charge in [0, 0.05) is 49.6 Å². The van der Waals surface area contributed by atoms with Gasteiger partial charge in [-0.2, -0.15) is 15.8 Å². The van der Waals surface area contributed by atoms with Crippen LogP contribution in [0, 0.1) is 34.0 Å². The summed E-state index contributed by atoms with van der Waals surface area (Å²) in [6.45, 7) is 27.1. The molecule has 90 heavy (non-hydrogen) atoms. The minimum absolute atomic E-state index is 0.0892. The molecule has 0 aliphatic heterocycles. The summed E-state index contributed by atoms with van der Waals surface area (Å²) in [5.41, 5.74) is 19.9. The quantitative estimate of drug-likeness (QED) is 0.149. The molecule has 438 valence electrons. The van der Waals surface area contributed by atoms with Gasteiger partial charge in [0.15, 0.2) is 17.5 Å². The van der Waals surface area contributed by atoms with Crippen LogP contribution < -0.4 is 0 Å². The van der Waals surface area contributed by atoms with E-state index in [0.29, 0.717) is 34.2 Å². The van der Waals surface area contributed by atoms with Gasteiger partial charge in [-0.3, -0.25) is 0 Å². The average molecular weight is 1170 g/mol. The van der Waals surface area contributed by atoms with Crippen LogP contribution in [0.25, 0.3) is 123 Å². The Morgan fingerprint density at radius 1 is 0.267 bits per heavy atom. The zero-order valence-corrected chi connectivity index (χ0v) is 53.2. The van der Waals surface area contributed by atoms with Crippen molar-refractivity contribution >= 4 is 43.6 Å². The monoisotopic (exact) mass is 1170 g/mol. The molecule has 13 aromatic rings. The SMILES string of the molecule is CC(C)(C)c1ccc2c(c1)c1cc(C(C)(C)C)ccc1n2-c1cc(-c2cccc(C#N)c2)cc(-c2nc(-c3cccc(-c4cccc(C#N)c4)c3)nc(-c3cc(-c4cccc(C#N)c4)cc(-n4c5ccc(C(C)(C)C)cc5c5cc(C(C)(C)C)ccc54)c3)n2)c1. The van der Waals surface area contributed by atoms with Crippen LogP contribution in [0.2, 0.25) is 0 Å². The first-order valence-electron chi connectivity index (χ1n) is 30.8. The second kappa shape index (κ2) is 21.8. The number of rotatable bonds is 8. The molecular weight excluding hydrogens is 1100 g/mol. The molecular formula is C82H70N8. The fraction of sp³-hybridized carbons (Fsp3) is 0.195. The van der Waals surface area contributed by atoms with Crippen LogP contribution in [0.3, 0.4) is 0 Å². The summed E-state index contributed by atoms with van der Waals surface area (Å²) in [5.74, 6) is 1.33. The Hall–Kier alpha value is -10.7. The summed E-state index contributed by atoms with van der Waals surface area (Å²) >= 11 is 0. The van der Waals surface area contributed by atoms with Crippen molar-refractivity contribution in [1.82, 2.24) is 24.1 Å². The van der Waals surface area contributed by atoms with Gasteiger partial charge in [-0.1, -0.05) is 162 Å². The summed E-state index contributed by atoms with van der Waals surface area (Å²) in [4.78, 5) is 16.6. The molecule has 8 nitrogen and oxygen atoms in total. The summed E-state index contributed by atoms with van der Waals surface area (Å²) < 4.78 is 4.72. The molecule has 0 spiro atoms. The highest BCUT2D eigenvalue weighted by molar-refractivity contribution is 6.11. The van der Waals surface area contributed by atoms with Crippen molar-refractivity contribution in [3.05, 3.63) is 245 Å². The van der Waals surface area contributed by atoms with E-state index < -0.39 is 0 Å². The molecule has 0 bridgehead atoms. The Bertz CT molecular complexity index is 4800. The molecule has 13 rings (SSSR count). The lowest BCUT2D eigenvalue weighted by molar-refractivity contribution is 0.590. The third kappa shape index (κ3) is 10.9. The van der Waals surface area contributed by atoms with Gasteiger partial charge >= 0.3 is 0 Å². The largest absolute Gasteiger partial charge is 0.309 e. The van der Waals surface area contributed by atoms with E-state index in [4.69, 9.17) is 15.0 Å². The van der Waals surface area contributed by atoms with E-state index in [2.05, 4.69) is 238 Å². The molecule has 0 atom stereocenters. The lowest BCUT2D eigenvalue weighted by Gasteiger charge is -2.19. The standard InChI is InChI=1S/C82H70N8/c1-79(2,3)62-25-29-72-68(43-62)69-44-63(80(4,5)6)26-30-73(69)89(72)66-39-58(54-21-14-18-51(34-54)48-84)37-60(41-66)77-86-76(57-24-16-23-56(36-57)53-20-13-17-50(33-53)47-83)87-78(88-77)61-38-59(55-22-15-19-52(35-55)49-85)40-67(42-61)90-74-31-27-64(81(7,8)9)45-70(74)71-46-65(82(10,11)12)28-32-75(71)90/h13-46H,1-12H3. The van der Waals surface area contributed by atoms with Crippen LogP contribution in [-0.2, 0) is 21.7 Å². The molecule has 0 N–H and O–H groups in total. The average Bonchev–Trinajstić information content (AvgIpc) is 1.59. The van der Waals surface area contributed by atoms with Crippen LogP contribution >= 0.6 is 0 Å². The summed E-state index contributed by atoms with van der Waals surface area (Å²) in [5, 5.41) is 35.2. The summed E-state index contributed by atoms with van der Waals surface area (Å²) in [7, 11) is 0. The lowest BCUT2D eigenvalue weighted by atomic mass is 9.85. The van der Waals surface area contributed by atoms with E-state index in [0.717, 1.165) is 105 Å². The summed E-state index contributed by atoms with van der Waals surface area (Å²) in [6, 6.07) is 78.9. The van der Waals surface area contributed by atoms with Gasteiger partial charge in [-0.25, -0.2) is 15.0 Å². The van der Waals surface area contributed by atoms with Crippen molar-refractivity contribution in [1.29, 1.82) is 15.8 Å². The van der Waals surface area contributed by atoms with Crippen molar-refractivity contribution in [3.8, 4) is 97.1 Å². The Morgan fingerprint density at radius 3 is 0.833 bits per heavy atom. The molecule has 0 saturated carbocycles. The topological polar surface area (TPSA) is 120 Å². The van der Waals surface area contributed by atoms with E-state index in [9.17, 15) is 15.8 Å². The van der Waals surface area contributed by atoms with Crippen molar-refractivity contribution in [2.45, 2.75) is 105 Å². The predicted molar refractivity (Wildman–Crippen MR) is 370 cm³/mol. The Morgan fingerprint density at radius 2 is 0.522 bits per heavy atom. The molecule has 0 radical (unpaired) electrons. The second-order valence-electron chi connectivity index (χ2n) is 28.1. The predicted octanol–water partition coefficient (Wildman–Crippen LogP) is 20.9. The highest BCUT2D eigenvalue weighted by atomic mass is 15.0. The van der Waals surface area contributed by atoms with E-state index in [1.807, 2.05) is 78.9 Å². The van der Waals surface area contributed by atoms with Gasteiger partial charge in [-0.05, 0) is 205 Å². The van der Waals surface area contributed by atoms with E-state index >= 15 is 0 Å². The van der Waals surface area contributed by atoms with Gasteiger partial charge in [0.1, 0.15) is 0 Å². The van der Waals surface area contributed by atoms with Gasteiger partial charge in [0.05, 0.1) is 57.0 Å². The maximum absolute atomic E-state index is 10.3. The lowest BCUT2D eigenvalue weighted by Crippen LogP contribution is -2.10. The number of nitriles is 3. The smallest absolute Gasteiger partial charge is 0.164 e. The van der Waals surface area contributed by atoms with Crippen LogP contribution in [0.1, 0.15) is 122 Å². The summed E-state index contributed by atoms with van der Waals surface area (Å²) in [6.07, 6.45) is 0. The zero-order valence-electron chi connectivity index (χ0n) is 53.2. The number of nitrogens with zero attached hydrogens (tertiary/aromatic N) is 8. The number of aromatic nitrogens is 5. The molecule has 10 aromatic carbocycles. The molecule has 0 amide bonds. The number of hydrogen-bond acceptors (Lipinski definition) is 6. The maximum atomic E-state index is 10.3. The Balaban J connectivity index is 1.11. The fourth-order valence-electron chi connectivity index (χ4n) is 12.4. The molecule has 0 unspecified atom stereocenters. The highest BCUT2D eigenvalue weighted by Crippen LogP contribution is 2.43. The molecule has 0 saturated heterocycles. The molecule has 0 aliphatic carbocycles. The van der Waals surface area contributed by atoms with Crippen LogP contribution in [-0.4, -0.2) is 24.1 Å². The first-order valence-corrected chi connectivity index (χ1v) is 30.8. The minimum Gasteiger partial charge on any atom is -0.309 e. The second-order valence-corrected chi connectivity index (χ2v) is 28.1. The molecule has 8 heteroatoms. The number of hydrogen-bond donors (Lipinski definition) is 0. The Labute approximate surface area is 527 Å². The van der Waals surface area contributed by atoms with Gasteiger partial charge in [0.2, 0.25) is 0 Å². The van der Waals surface area contributed by atoms with E-state index in [-0.39, 0.29) is 21.7 Å². The van der Waals surface area contributed by atoms with Gasteiger partial charge in [0.25, 0.3) is 0 Å². The number of fused-ring (bicyclic) bond motifs is 6. The van der Waals surface area contributed by atoms with Crippen molar-refractivity contribution in [3.63, 3.8) is 0 Å². The Kier molecular flexibility index (Phi) is 14.2. The van der Waals surface area contributed by atoms with Gasteiger partial charge < -0.3 is 9.13 Å². The van der Waals surface area contributed by atoms with Crippen LogP contribution in [0.15, 0.2) is 206 Å².